The van der Waals surface area contributed by atoms with Crippen LogP contribution in [0.15, 0.2) is 34.7 Å². The summed E-state index contributed by atoms with van der Waals surface area (Å²) in [4.78, 5) is 47.7. The van der Waals surface area contributed by atoms with Crippen LogP contribution in [0.3, 0.4) is 0 Å². The number of hydroxylamine groups is 2. The summed E-state index contributed by atoms with van der Waals surface area (Å²) >= 11 is 0. The molecule has 0 bridgehead atoms. The molecule has 0 fully saturated rings. The highest BCUT2D eigenvalue weighted by Gasteiger charge is 2.30. The number of nitrogens with zero attached hydrogens (tertiary/aromatic N) is 1. The number of carbonyl (C=O) groups is 4. The van der Waals surface area contributed by atoms with Gasteiger partial charge in [-0.25, -0.2) is 5.06 Å². The molecule has 0 aliphatic rings. The molecule has 2 rings (SSSR count). The molecule has 2 aromatic rings. The summed E-state index contributed by atoms with van der Waals surface area (Å²) in [6, 6.07) is 7.39. The van der Waals surface area contributed by atoms with Crippen molar-refractivity contribution in [3.05, 3.63) is 41.7 Å². The zero-order chi connectivity index (χ0) is 28.1. The molecule has 0 aliphatic heterocycles. The first-order chi connectivity index (χ1) is 18.2. The van der Waals surface area contributed by atoms with Gasteiger partial charge in [-0.1, -0.05) is 33.1 Å². The van der Waals surface area contributed by atoms with Gasteiger partial charge in [-0.05, 0) is 55.7 Å². The first kappa shape index (κ1) is 30.4. The van der Waals surface area contributed by atoms with E-state index in [9.17, 15) is 24.4 Å². The number of carboxylic acids is 1. The van der Waals surface area contributed by atoms with Gasteiger partial charge in [0.2, 0.25) is 12.3 Å². The molecule has 3 amide bonds. The molecule has 2 atom stereocenters. The number of benzene rings is 1. The predicted molar refractivity (Wildman–Crippen MR) is 139 cm³/mol. The van der Waals surface area contributed by atoms with Gasteiger partial charge < -0.3 is 24.9 Å². The minimum atomic E-state index is -0.984. The molecule has 1 aromatic heterocycles. The van der Waals surface area contributed by atoms with Crippen LogP contribution in [0.25, 0.3) is 11.3 Å². The molecule has 0 radical (unpaired) electrons. The number of ether oxygens (including phenoxy) is 1. The number of aliphatic carboxylic acids is 1. The molecule has 1 heterocycles. The Morgan fingerprint density at radius 1 is 1.11 bits per heavy atom. The molecule has 0 unspecified atom stereocenters. The molecular weight excluding hydrogens is 494 g/mol. The molecule has 0 spiro atoms. The molecule has 0 saturated heterocycles. The van der Waals surface area contributed by atoms with Crippen LogP contribution in [0.4, 0.5) is 0 Å². The van der Waals surface area contributed by atoms with Crippen LogP contribution in [0.5, 0.6) is 5.75 Å². The summed E-state index contributed by atoms with van der Waals surface area (Å²) in [5.41, 5.74) is 1.09. The standard InChI is InChI=1S/C27H37N3O8/c1-4-7-8-9-21(22(5-2)30(36)17-31)26(34)28-16-29-27(35)24-11-10-23(38-24)19-12-18(14-25(32)33)13-20(15-19)37-6-3/h10-13,15,17,21-22,36H,4-9,14,16H2,1-3H3,(H,28,34)(H,29,35)(H,32,33)/t21-,22-/m1/s1. The van der Waals surface area contributed by atoms with Crippen LogP contribution in [0.1, 0.15) is 69.0 Å². The second kappa shape index (κ2) is 15.4. The quantitative estimate of drug-likeness (QED) is 0.0792. The molecule has 11 nitrogen and oxygen atoms in total. The number of amides is 3. The molecule has 4 N–H and O–H groups in total. The van der Waals surface area contributed by atoms with Gasteiger partial charge in [-0.15, -0.1) is 0 Å². The highest BCUT2D eigenvalue weighted by Crippen LogP contribution is 2.28. The van der Waals surface area contributed by atoms with Gasteiger partial charge in [0.05, 0.1) is 31.7 Å². The van der Waals surface area contributed by atoms with E-state index in [1.165, 1.54) is 6.07 Å². The number of carboxylic acid groups (broad SMARTS) is 1. The highest BCUT2D eigenvalue weighted by molar-refractivity contribution is 5.92. The van der Waals surface area contributed by atoms with E-state index in [1.54, 1.807) is 31.2 Å². The van der Waals surface area contributed by atoms with E-state index < -0.39 is 23.8 Å². The molecule has 38 heavy (non-hydrogen) atoms. The Morgan fingerprint density at radius 2 is 1.87 bits per heavy atom. The van der Waals surface area contributed by atoms with Crippen molar-refractivity contribution < 1.29 is 38.6 Å². The molecule has 11 heteroatoms. The van der Waals surface area contributed by atoms with E-state index in [4.69, 9.17) is 14.3 Å². The lowest BCUT2D eigenvalue weighted by molar-refractivity contribution is -0.168. The van der Waals surface area contributed by atoms with Crippen molar-refractivity contribution in [1.82, 2.24) is 15.7 Å². The topological polar surface area (TPSA) is 158 Å². The number of hydrogen-bond donors (Lipinski definition) is 4. The Bertz CT molecular complexity index is 1080. The maximum absolute atomic E-state index is 12.9. The number of nitrogens with one attached hydrogen (secondary N) is 2. The Morgan fingerprint density at radius 3 is 2.50 bits per heavy atom. The van der Waals surface area contributed by atoms with Crippen molar-refractivity contribution in [1.29, 1.82) is 0 Å². The Kier molecular flexibility index (Phi) is 12.3. The van der Waals surface area contributed by atoms with Gasteiger partial charge >= 0.3 is 5.97 Å². The van der Waals surface area contributed by atoms with Crippen LogP contribution in [-0.2, 0) is 20.8 Å². The third kappa shape index (κ3) is 8.91. The monoisotopic (exact) mass is 531 g/mol. The molecular formula is C27H37N3O8. The minimum absolute atomic E-state index is 0.00395. The molecule has 208 valence electrons. The predicted octanol–water partition coefficient (Wildman–Crippen LogP) is 3.60. The first-order valence-corrected chi connectivity index (χ1v) is 12.8. The van der Waals surface area contributed by atoms with Crippen LogP contribution in [0, 0.1) is 5.92 Å². The summed E-state index contributed by atoms with van der Waals surface area (Å²) in [5.74, 6) is -1.72. The van der Waals surface area contributed by atoms with Crippen LogP contribution >= 0.6 is 0 Å². The van der Waals surface area contributed by atoms with Gasteiger partial charge in [-0.2, -0.15) is 0 Å². The lowest BCUT2D eigenvalue weighted by atomic mass is 9.90. The average molecular weight is 532 g/mol. The zero-order valence-corrected chi connectivity index (χ0v) is 22.1. The van der Waals surface area contributed by atoms with Gasteiger partial charge in [0.1, 0.15) is 11.5 Å². The smallest absolute Gasteiger partial charge is 0.307 e. The number of carbonyl (C=O) groups excluding carboxylic acids is 3. The fraction of sp³-hybridized carbons (Fsp3) is 0.481. The zero-order valence-electron chi connectivity index (χ0n) is 22.1. The highest BCUT2D eigenvalue weighted by atomic mass is 16.5. The third-order valence-corrected chi connectivity index (χ3v) is 6.04. The Labute approximate surface area is 222 Å². The van der Waals surface area contributed by atoms with E-state index >= 15 is 0 Å². The number of unbranched alkanes of at least 4 members (excludes halogenated alkanes) is 2. The summed E-state index contributed by atoms with van der Waals surface area (Å²) in [6.45, 7) is 5.86. The van der Waals surface area contributed by atoms with Gasteiger partial charge in [0.25, 0.3) is 5.91 Å². The van der Waals surface area contributed by atoms with E-state index in [-0.39, 0.29) is 24.8 Å². The van der Waals surface area contributed by atoms with Gasteiger partial charge in [-0.3, -0.25) is 24.4 Å². The van der Waals surface area contributed by atoms with E-state index in [2.05, 4.69) is 10.6 Å². The van der Waals surface area contributed by atoms with Crippen LogP contribution in [0.2, 0.25) is 0 Å². The van der Waals surface area contributed by atoms with E-state index in [0.29, 0.717) is 53.6 Å². The fourth-order valence-electron chi connectivity index (χ4n) is 4.22. The van der Waals surface area contributed by atoms with E-state index in [1.807, 2.05) is 13.8 Å². The minimum Gasteiger partial charge on any atom is -0.494 e. The van der Waals surface area contributed by atoms with Gasteiger partial charge in [0.15, 0.2) is 5.76 Å². The summed E-state index contributed by atoms with van der Waals surface area (Å²) < 4.78 is 11.2. The summed E-state index contributed by atoms with van der Waals surface area (Å²) in [6.07, 6.45) is 3.61. The molecule has 0 saturated carbocycles. The molecule has 1 aromatic carbocycles. The second-order valence-electron chi connectivity index (χ2n) is 8.82. The van der Waals surface area contributed by atoms with Crippen LogP contribution < -0.4 is 15.4 Å². The maximum Gasteiger partial charge on any atom is 0.307 e. The van der Waals surface area contributed by atoms with Crippen molar-refractivity contribution in [3.8, 4) is 17.1 Å². The maximum atomic E-state index is 12.9. The first-order valence-electron chi connectivity index (χ1n) is 12.8. The van der Waals surface area contributed by atoms with Crippen molar-refractivity contribution in [2.45, 2.75) is 65.3 Å². The van der Waals surface area contributed by atoms with Crippen molar-refractivity contribution >= 4 is 24.2 Å². The largest absolute Gasteiger partial charge is 0.494 e. The number of furan rings is 1. The Hall–Kier alpha value is -3.86. The van der Waals surface area contributed by atoms with Gasteiger partial charge in [0, 0.05) is 5.56 Å². The van der Waals surface area contributed by atoms with Crippen molar-refractivity contribution in [2.75, 3.05) is 13.3 Å². The summed E-state index contributed by atoms with van der Waals surface area (Å²) in [5, 5.41) is 24.8. The Balaban J connectivity index is 2.06. The molecule has 0 aliphatic carbocycles. The van der Waals surface area contributed by atoms with E-state index in [0.717, 1.165) is 19.3 Å². The normalized spacial score (nSPS) is 12.3. The van der Waals surface area contributed by atoms with Crippen LogP contribution in [-0.4, -0.2) is 58.9 Å². The second-order valence-corrected chi connectivity index (χ2v) is 8.82. The number of hydrogen-bond acceptors (Lipinski definition) is 7. The number of rotatable bonds is 17. The lowest BCUT2D eigenvalue weighted by Crippen LogP contribution is -2.47. The third-order valence-electron chi connectivity index (χ3n) is 6.04. The lowest BCUT2D eigenvalue weighted by Gasteiger charge is -2.29. The van der Waals surface area contributed by atoms with Crippen molar-refractivity contribution in [2.24, 2.45) is 5.92 Å². The fourth-order valence-corrected chi connectivity index (χ4v) is 4.22. The van der Waals surface area contributed by atoms with Crippen molar-refractivity contribution in [3.63, 3.8) is 0 Å². The SMILES string of the molecule is CCCCC[C@@H](C(=O)NCNC(=O)c1ccc(-c2cc(CC(=O)O)cc(OCC)c2)o1)[C@@H](CC)N(O)C=O. The average Bonchev–Trinajstić information content (AvgIpc) is 3.38. The summed E-state index contributed by atoms with van der Waals surface area (Å²) in [7, 11) is 0.